The summed E-state index contributed by atoms with van der Waals surface area (Å²) in [5.41, 5.74) is 3.17. The second kappa shape index (κ2) is 5.66. The van der Waals surface area contributed by atoms with Crippen LogP contribution in [0, 0.1) is 0 Å². The van der Waals surface area contributed by atoms with E-state index >= 15 is 0 Å². The van der Waals surface area contributed by atoms with Crippen molar-refractivity contribution in [3.63, 3.8) is 0 Å². The molecule has 0 fully saturated rings. The number of aryl methyl sites for hydroxylation is 2. The van der Waals surface area contributed by atoms with Gasteiger partial charge in [-0.2, -0.15) is 0 Å². The van der Waals surface area contributed by atoms with E-state index in [1.165, 1.54) is 47.2 Å². The van der Waals surface area contributed by atoms with Crippen molar-refractivity contribution < 1.29 is 0 Å². The zero-order valence-electron chi connectivity index (χ0n) is 12.4. The molecule has 0 bridgehead atoms. The molecule has 0 nitrogen and oxygen atoms in total. The standard InChI is InChI=1S/C18H16.C2H6/c1-3-7-15-13(5-1)9-11-18-16-8-4-2-6-14(16)10-12-17(15)18;1-2/h1,3,5,7,9-12H,2,4,6,8H2;1-2H3. The topological polar surface area (TPSA) is 0 Å². The van der Waals surface area contributed by atoms with Crippen LogP contribution in [0.3, 0.4) is 0 Å². The molecule has 1 aliphatic rings. The number of rotatable bonds is 0. The summed E-state index contributed by atoms with van der Waals surface area (Å²) in [7, 11) is 0. The number of hydrogen-bond acceptors (Lipinski definition) is 0. The summed E-state index contributed by atoms with van der Waals surface area (Å²) >= 11 is 0. The summed E-state index contributed by atoms with van der Waals surface area (Å²) < 4.78 is 0. The molecule has 0 aliphatic heterocycles. The van der Waals surface area contributed by atoms with Crippen molar-refractivity contribution >= 4 is 21.5 Å². The van der Waals surface area contributed by atoms with Crippen LogP contribution in [0.15, 0.2) is 48.5 Å². The molecule has 0 heteroatoms. The van der Waals surface area contributed by atoms with E-state index in [0.717, 1.165) is 0 Å². The van der Waals surface area contributed by atoms with Crippen molar-refractivity contribution in [3.8, 4) is 0 Å². The van der Waals surface area contributed by atoms with Gasteiger partial charge >= 0.3 is 0 Å². The van der Waals surface area contributed by atoms with Crippen LogP contribution in [0.5, 0.6) is 0 Å². The molecule has 0 aromatic heterocycles. The molecule has 20 heavy (non-hydrogen) atoms. The van der Waals surface area contributed by atoms with Gasteiger partial charge in [0.25, 0.3) is 0 Å². The minimum atomic E-state index is 1.25. The van der Waals surface area contributed by atoms with E-state index in [0.29, 0.717) is 0 Å². The Labute approximate surface area is 121 Å². The van der Waals surface area contributed by atoms with Crippen LogP contribution < -0.4 is 0 Å². The highest BCUT2D eigenvalue weighted by Gasteiger charge is 2.12. The Balaban J connectivity index is 0.000000581. The van der Waals surface area contributed by atoms with Crippen LogP contribution in [0.2, 0.25) is 0 Å². The van der Waals surface area contributed by atoms with Crippen LogP contribution in [0.25, 0.3) is 21.5 Å². The van der Waals surface area contributed by atoms with Gasteiger partial charge in [-0.05, 0) is 58.4 Å². The lowest BCUT2D eigenvalue weighted by Crippen LogP contribution is -2.02. The van der Waals surface area contributed by atoms with Gasteiger partial charge in [-0.3, -0.25) is 0 Å². The Morgan fingerprint density at radius 1 is 0.650 bits per heavy atom. The Morgan fingerprint density at radius 2 is 1.40 bits per heavy atom. The third-order valence-electron chi connectivity index (χ3n) is 4.26. The van der Waals surface area contributed by atoms with Gasteiger partial charge in [0.15, 0.2) is 0 Å². The van der Waals surface area contributed by atoms with Crippen molar-refractivity contribution in [3.05, 3.63) is 59.7 Å². The molecule has 0 unspecified atom stereocenters. The fraction of sp³-hybridized carbons (Fsp3) is 0.300. The normalized spacial score (nSPS) is 13.7. The lowest BCUT2D eigenvalue weighted by atomic mass is 9.86. The molecule has 102 valence electrons. The lowest BCUT2D eigenvalue weighted by molar-refractivity contribution is 0.690. The summed E-state index contributed by atoms with van der Waals surface area (Å²) in [5, 5.41) is 5.64. The Hall–Kier alpha value is -1.82. The SMILES string of the molecule is CC.c1ccc2c(c1)ccc1c3c(ccc12)CCCC3. The summed E-state index contributed by atoms with van der Waals surface area (Å²) in [5.74, 6) is 0. The van der Waals surface area contributed by atoms with Gasteiger partial charge < -0.3 is 0 Å². The highest BCUT2D eigenvalue weighted by molar-refractivity contribution is 6.08. The molecule has 0 amide bonds. The summed E-state index contributed by atoms with van der Waals surface area (Å²) in [4.78, 5) is 0. The minimum Gasteiger partial charge on any atom is -0.0683 e. The van der Waals surface area contributed by atoms with Crippen molar-refractivity contribution in [1.29, 1.82) is 0 Å². The smallest absolute Gasteiger partial charge is 0.0102 e. The van der Waals surface area contributed by atoms with Gasteiger partial charge in [-0.1, -0.05) is 62.4 Å². The number of fused-ring (bicyclic) bond motifs is 5. The van der Waals surface area contributed by atoms with Crippen LogP contribution in [0.1, 0.15) is 37.8 Å². The van der Waals surface area contributed by atoms with Gasteiger partial charge in [0.2, 0.25) is 0 Å². The first-order valence-electron chi connectivity index (χ1n) is 7.86. The molecule has 0 radical (unpaired) electrons. The van der Waals surface area contributed by atoms with Crippen molar-refractivity contribution in [2.45, 2.75) is 39.5 Å². The molecule has 0 heterocycles. The molecule has 0 saturated carbocycles. The maximum absolute atomic E-state index is 2.35. The van der Waals surface area contributed by atoms with Crippen molar-refractivity contribution in [1.82, 2.24) is 0 Å². The molecule has 4 rings (SSSR count). The molecule has 3 aromatic rings. The second-order valence-electron chi connectivity index (χ2n) is 5.29. The van der Waals surface area contributed by atoms with Gasteiger partial charge in [0.05, 0.1) is 0 Å². The van der Waals surface area contributed by atoms with E-state index < -0.39 is 0 Å². The molecular weight excluding hydrogens is 240 g/mol. The van der Waals surface area contributed by atoms with Crippen LogP contribution in [0.4, 0.5) is 0 Å². The first-order chi connectivity index (χ1) is 9.93. The molecular formula is C20H22. The first kappa shape index (κ1) is 13.2. The zero-order valence-corrected chi connectivity index (χ0v) is 12.4. The maximum Gasteiger partial charge on any atom is -0.0102 e. The third-order valence-corrected chi connectivity index (χ3v) is 4.26. The van der Waals surface area contributed by atoms with Crippen LogP contribution >= 0.6 is 0 Å². The van der Waals surface area contributed by atoms with Crippen molar-refractivity contribution in [2.24, 2.45) is 0 Å². The van der Waals surface area contributed by atoms with E-state index in [9.17, 15) is 0 Å². The van der Waals surface area contributed by atoms with E-state index in [-0.39, 0.29) is 0 Å². The fourth-order valence-corrected chi connectivity index (χ4v) is 3.34. The van der Waals surface area contributed by atoms with Gasteiger partial charge in [-0.25, -0.2) is 0 Å². The molecule has 0 atom stereocenters. The molecule has 0 N–H and O–H groups in total. The van der Waals surface area contributed by atoms with Crippen LogP contribution in [-0.2, 0) is 12.8 Å². The average molecular weight is 262 g/mol. The van der Waals surface area contributed by atoms with E-state index in [1.807, 2.05) is 13.8 Å². The van der Waals surface area contributed by atoms with Gasteiger partial charge in [-0.15, -0.1) is 0 Å². The van der Waals surface area contributed by atoms with Crippen molar-refractivity contribution in [2.75, 3.05) is 0 Å². The van der Waals surface area contributed by atoms with Gasteiger partial charge in [0, 0.05) is 0 Å². The predicted molar refractivity (Wildman–Crippen MR) is 89.4 cm³/mol. The quantitative estimate of drug-likeness (QED) is 0.443. The van der Waals surface area contributed by atoms with E-state index in [4.69, 9.17) is 0 Å². The second-order valence-corrected chi connectivity index (χ2v) is 5.29. The highest BCUT2D eigenvalue weighted by atomic mass is 14.2. The zero-order chi connectivity index (χ0) is 13.9. The Bertz CT molecular complexity index is 737. The predicted octanol–water partition coefficient (Wildman–Crippen LogP) is 5.90. The summed E-state index contributed by atoms with van der Waals surface area (Å²) in [6.07, 6.45) is 5.22. The maximum atomic E-state index is 2.35. The fourth-order valence-electron chi connectivity index (χ4n) is 3.34. The lowest BCUT2D eigenvalue weighted by Gasteiger charge is -2.18. The van der Waals surface area contributed by atoms with E-state index in [2.05, 4.69) is 48.5 Å². The Kier molecular flexibility index (Phi) is 3.73. The van der Waals surface area contributed by atoms with Crippen LogP contribution in [-0.4, -0.2) is 0 Å². The number of hydrogen-bond donors (Lipinski definition) is 0. The monoisotopic (exact) mass is 262 g/mol. The molecule has 0 saturated heterocycles. The van der Waals surface area contributed by atoms with E-state index in [1.54, 1.807) is 11.1 Å². The average Bonchev–Trinajstić information content (AvgIpc) is 2.56. The number of benzene rings is 3. The highest BCUT2D eigenvalue weighted by Crippen LogP contribution is 2.32. The minimum absolute atomic E-state index is 1.25. The third kappa shape index (κ3) is 2.10. The Morgan fingerprint density at radius 3 is 2.30 bits per heavy atom. The summed E-state index contributed by atoms with van der Waals surface area (Å²) in [6, 6.07) is 18.0. The first-order valence-corrected chi connectivity index (χ1v) is 7.86. The summed E-state index contributed by atoms with van der Waals surface area (Å²) in [6.45, 7) is 4.00. The molecule has 0 spiro atoms. The molecule has 1 aliphatic carbocycles. The largest absolute Gasteiger partial charge is 0.0683 e. The molecule has 3 aromatic carbocycles. The van der Waals surface area contributed by atoms with Gasteiger partial charge in [0.1, 0.15) is 0 Å².